The van der Waals surface area contributed by atoms with Crippen molar-refractivity contribution >= 4 is 39.7 Å². The molecule has 2 aliphatic rings. The number of carbonyl (C=O) groups excluding carboxylic acids is 2. The fraction of sp³-hybridized carbons (Fsp3) is 0.400. The molecular weight excluding hydrogens is 374 g/mol. The van der Waals surface area contributed by atoms with Gasteiger partial charge < -0.3 is 0 Å². The van der Waals surface area contributed by atoms with E-state index >= 15 is 0 Å². The molecule has 4 rings (SSSR count). The Morgan fingerprint density at radius 1 is 1.11 bits per heavy atom. The lowest BCUT2D eigenvalue weighted by Crippen LogP contribution is -2.36. The Bertz CT molecular complexity index is 874. The maximum absolute atomic E-state index is 12.6. The summed E-state index contributed by atoms with van der Waals surface area (Å²) in [5.41, 5.74) is 1.99. The molecular formula is C20H23N5O2S. The molecule has 28 heavy (non-hydrogen) atoms. The molecule has 146 valence electrons. The SMILES string of the molecule is O=C(Nc1nc(CN2CCCCC2)cs1)C1=NN(c2ccccc2)C(=O)CC1. The third-order valence-electron chi connectivity index (χ3n) is 4.90. The number of nitrogens with one attached hydrogen (secondary N) is 1. The molecule has 0 saturated carbocycles. The number of rotatable bonds is 5. The van der Waals surface area contributed by atoms with E-state index in [0.29, 0.717) is 23.0 Å². The highest BCUT2D eigenvalue weighted by Crippen LogP contribution is 2.22. The number of thiazole rings is 1. The van der Waals surface area contributed by atoms with E-state index in [4.69, 9.17) is 0 Å². The third-order valence-corrected chi connectivity index (χ3v) is 5.71. The van der Waals surface area contributed by atoms with E-state index in [1.807, 2.05) is 23.6 Å². The Balaban J connectivity index is 1.41. The van der Waals surface area contributed by atoms with Gasteiger partial charge in [0.25, 0.3) is 5.91 Å². The van der Waals surface area contributed by atoms with Crippen molar-refractivity contribution in [1.29, 1.82) is 0 Å². The molecule has 3 heterocycles. The monoisotopic (exact) mass is 397 g/mol. The van der Waals surface area contributed by atoms with Crippen molar-refractivity contribution in [2.45, 2.75) is 38.6 Å². The molecule has 2 aromatic rings. The molecule has 0 unspecified atom stereocenters. The third kappa shape index (κ3) is 4.45. The molecule has 1 N–H and O–H groups in total. The van der Waals surface area contributed by atoms with Crippen LogP contribution >= 0.6 is 11.3 Å². The number of benzene rings is 1. The van der Waals surface area contributed by atoms with Gasteiger partial charge in [-0.3, -0.25) is 19.8 Å². The van der Waals surface area contributed by atoms with Gasteiger partial charge in [-0.25, -0.2) is 9.99 Å². The van der Waals surface area contributed by atoms with Gasteiger partial charge in [0, 0.05) is 24.8 Å². The first-order chi connectivity index (χ1) is 13.7. The van der Waals surface area contributed by atoms with E-state index in [-0.39, 0.29) is 18.2 Å². The van der Waals surface area contributed by atoms with Crippen LogP contribution in [0.25, 0.3) is 0 Å². The van der Waals surface area contributed by atoms with E-state index in [0.717, 1.165) is 25.3 Å². The highest BCUT2D eigenvalue weighted by Gasteiger charge is 2.26. The average Bonchev–Trinajstić information content (AvgIpc) is 3.16. The van der Waals surface area contributed by atoms with Crippen LogP contribution in [0.3, 0.4) is 0 Å². The summed E-state index contributed by atoms with van der Waals surface area (Å²) < 4.78 is 0. The highest BCUT2D eigenvalue weighted by atomic mass is 32.1. The molecule has 0 atom stereocenters. The first-order valence-electron chi connectivity index (χ1n) is 9.62. The van der Waals surface area contributed by atoms with Crippen molar-refractivity contribution in [3.63, 3.8) is 0 Å². The maximum Gasteiger partial charge on any atom is 0.273 e. The molecule has 8 heteroatoms. The number of hydrazone groups is 1. The van der Waals surface area contributed by atoms with E-state index in [1.165, 1.54) is 35.6 Å². The predicted octanol–water partition coefficient (Wildman–Crippen LogP) is 3.25. The van der Waals surface area contributed by atoms with Crippen LogP contribution in [0.4, 0.5) is 10.8 Å². The second-order valence-corrected chi connectivity index (χ2v) is 7.88. The molecule has 2 aliphatic heterocycles. The normalized spacial score (nSPS) is 18.1. The summed E-state index contributed by atoms with van der Waals surface area (Å²) in [6.45, 7) is 3.04. The minimum absolute atomic E-state index is 0.110. The van der Waals surface area contributed by atoms with Crippen LogP contribution in [-0.4, -0.2) is 40.5 Å². The van der Waals surface area contributed by atoms with Gasteiger partial charge >= 0.3 is 0 Å². The van der Waals surface area contributed by atoms with E-state index in [9.17, 15) is 9.59 Å². The van der Waals surface area contributed by atoms with Gasteiger partial charge in [0.1, 0.15) is 5.71 Å². The number of aromatic nitrogens is 1. The zero-order chi connectivity index (χ0) is 19.3. The van der Waals surface area contributed by atoms with E-state index in [2.05, 4.69) is 20.3 Å². The first kappa shape index (κ1) is 18.8. The number of amides is 2. The topological polar surface area (TPSA) is 77.9 Å². The van der Waals surface area contributed by atoms with E-state index in [1.54, 1.807) is 12.1 Å². The maximum atomic E-state index is 12.6. The minimum Gasteiger partial charge on any atom is -0.297 e. The number of carbonyl (C=O) groups is 2. The Morgan fingerprint density at radius 2 is 1.89 bits per heavy atom. The molecule has 1 saturated heterocycles. The highest BCUT2D eigenvalue weighted by molar-refractivity contribution is 7.14. The number of hydrogen-bond acceptors (Lipinski definition) is 6. The van der Waals surface area contributed by atoms with Crippen LogP contribution in [0.2, 0.25) is 0 Å². The average molecular weight is 398 g/mol. The first-order valence-corrected chi connectivity index (χ1v) is 10.5. The smallest absolute Gasteiger partial charge is 0.273 e. The predicted molar refractivity (Wildman–Crippen MR) is 110 cm³/mol. The summed E-state index contributed by atoms with van der Waals surface area (Å²) in [6, 6.07) is 9.16. The quantitative estimate of drug-likeness (QED) is 0.840. The summed E-state index contributed by atoms with van der Waals surface area (Å²) in [5.74, 6) is -0.409. The summed E-state index contributed by atoms with van der Waals surface area (Å²) in [6.07, 6.45) is 4.38. The Labute approximate surface area is 168 Å². The van der Waals surface area contributed by atoms with Crippen molar-refractivity contribution in [1.82, 2.24) is 9.88 Å². The Kier molecular flexibility index (Phi) is 5.78. The van der Waals surface area contributed by atoms with Crippen LogP contribution in [-0.2, 0) is 16.1 Å². The van der Waals surface area contributed by atoms with Gasteiger partial charge in [-0.2, -0.15) is 5.10 Å². The minimum atomic E-state index is -0.299. The van der Waals surface area contributed by atoms with Crippen molar-refractivity contribution in [2.24, 2.45) is 5.10 Å². The number of anilines is 2. The largest absolute Gasteiger partial charge is 0.297 e. The number of piperidine rings is 1. The molecule has 0 radical (unpaired) electrons. The van der Waals surface area contributed by atoms with Gasteiger partial charge in [0.15, 0.2) is 5.13 Å². The summed E-state index contributed by atoms with van der Waals surface area (Å²) >= 11 is 1.42. The van der Waals surface area contributed by atoms with Gasteiger partial charge in [0.2, 0.25) is 5.91 Å². The van der Waals surface area contributed by atoms with Gasteiger partial charge in [-0.1, -0.05) is 24.6 Å². The lowest BCUT2D eigenvalue weighted by molar-refractivity contribution is -0.118. The van der Waals surface area contributed by atoms with Crippen LogP contribution in [0, 0.1) is 0 Å². The molecule has 1 aromatic heterocycles. The van der Waals surface area contributed by atoms with Crippen molar-refractivity contribution in [3.05, 3.63) is 41.4 Å². The zero-order valence-corrected chi connectivity index (χ0v) is 16.5. The van der Waals surface area contributed by atoms with E-state index < -0.39 is 0 Å². The standard InChI is InChI=1S/C20H23N5O2S/c26-18-10-9-17(23-25(18)16-7-3-1-4-8-16)19(27)22-20-21-15(14-28-20)13-24-11-5-2-6-12-24/h1,3-4,7-8,14H,2,5-6,9-13H2,(H,21,22,27). The second kappa shape index (κ2) is 8.62. The van der Waals surface area contributed by atoms with Crippen molar-refractivity contribution in [2.75, 3.05) is 23.4 Å². The molecule has 1 aromatic carbocycles. The van der Waals surface area contributed by atoms with Crippen LogP contribution in [0.1, 0.15) is 37.8 Å². The van der Waals surface area contributed by atoms with Crippen molar-refractivity contribution in [3.8, 4) is 0 Å². The Hall–Kier alpha value is -2.58. The van der Waals surface area contributed by atoms with Crippen LogP contribution in [0.5, 0.6) is 0 Å². The fourth-order valence-corrected chi connectivity index (χ4v) is 4.14. The van der Waals surface area contributed by atoms with Gasteiger partial charge in [-0.05, 0) is 38.1 Å². The van der Waals surface area contributed by atoms with Gasteiger partial charge in [0.05, 0.1) is 11.4 Å². The molecule has 0 spiro atoms. The summed E-state index contributed by atoms with van der Waals surface area (Å²) in [4.78, 5) is 31.8. The fourth-order valence-electron chi connectivity index (χ4n) is 3.44. The lowest BCUT2D eigenvalue weighted by atomic mass is 10.1. The zero-order valence-electron chi connectivity index (χ0n) is 15.6. The van der Waals surface area contributed by atoms with Gasteiger partial charge in [-0.15, -0.1) is 11.3 Å². The summed E-state index contributed by atoms with van der Waals surface area (Å²) in [5, 5.41) is 11.0. The number of nitrogens with zero attached hydrogens (tertiary/aromatic N) is 4. The number of likely N-dealkylation sites (tertiary alicyclic amines) is 1. The lowest BCUT2D eigenvalue weighted by Gasteiger charge is -2.25. The second-order valence-electron chi connectivity index (χ2n) is 7.02. The summed E-state index contributed by atoms with van der Waals surface area (Å²) in [7, 11) is 0. The van der Waals surface area contributed by atoms with Crippen molar-refractivity contribution < 1.29 is 9.59 Å². The molecule has 0 bridgehead atoms. The Morgan fingerprint density at radius 3 is 2.68 bits per heavy atom. The number of hydrogen-bond donors (Lipinski definition) is 1. The molecule has 2 amide bonds. The van der Waals surface area contributed by atoms with Crippen LogP contribution < -0.4 is 10.3 Å². The molecule has 0 aliphatic carbocycles. The molecule has 1 fully saturated rings. The molecule has 7 nitrogen and oxygen atoms in total. The van der Waals surface area contributed by atoms with Crippen LogP contribution in [0.15, 0.2) is 40.8 Å². The number of para-hydroxylation sites is 1.